The van der Waals surface area contributed by atoms with Crippen LogP contribution in [0.3, 0.4) is 0 Å². The zero-order valence-corrected chi connectivity index (χ0v) is 25.9. The van der Waals surface area contributed by atoms with E-state index >= 15 is 0 Å². The molecule has 2 fully saturated rings. The molecule has 4 aromatic rings. The molecule has 0 bridgehead atoms. The minimum Gasteiger partial charge on any atom is -0.497 e. The van der Waals surface area contributed by atoms with Crippen LogP contribution < -0.4 is 14.8 Å². The van der Waals surface area contributed by atoms with Crippen LogP contribution >= 0.6 is 0 Å². The molecule has 1 aromatic heterocycles. The molecule has 2 saturated carbocycles. The molecule has 45 heavy (non-hydrogen) atoms. The summed E-state index contributed by atoms with van der Waals surface area (Å²) in [6.45, 7) is 1.22. The first-order valence-electron chi connectivity index (χ1n) is 16.5. The average molecular weight is 602 g/mol. The minimum atomic E-state index is -0.809. The van der Waals surface area contributed by atoms with Crippen LogP contribution in [0.15, 0.2) is 59.6 Å². The first kappa shape index (κ1) is 28.1. The number of aromatic nitrogens is 1. The van der Waals surface area contributed by atoms with Gasteiger partial charge in [-0.15, -0.1) is 0 Å². The van der Waals surface area contributed by atoms with Gasteiger partial charge in [-0.05, 0) is 85.0 Å². The maximum Gasteiger partial charge on any atom is 0.252 e. The van der Waals surface area contributed by atoms with Crippen molar-refractivity contribution in [2.45, 2.75) is 82.2 Å². The van der Waals surface area contributed by atoms with Gasteiger partial charge in [-0.2, -0.15) is 0 Å². The minimum absolute atomic E-state index is 0.0855. The second kappa shape index (κ2) is 11.2. The highest BCUT2D eigenvalue weighted by Gasteiger charge is 2.45. The van der Waals surface area contributed by atoms with E-state index in [4.69, 9.17) is 9.47 Å². The van der Waals surface area contributed by atoms with Crippen molar-refractivity contribution >= 4 is 34.5 Å². The molecule has 3 aromatic carbocycles. The summed E-state index contributed by atoms with van der Waals surface area (Å²) in [6, 6.07) is 18.3. The number of nitrogens with zero attached hydrogens (tertiary/aromatic N) is 2. The van der Waals surface area contributed by atoms with Crippen molar-refractivity contribution in [3.63, 3.8) is 0 Å². The molecule has 2 aliphatic carbocycles. The van der Waals surface area contributed by atoms with Gasteiger partial charge in [0.1, 0.15) is 18.1 Å². The molecule has 1 N–H and O–H groups in total. The molecule has 0 spiro atoms. The summed E-state index contributed by atoms with van der Waals surface area (Å²) in [6.07, 6.45) is 11.4. The third-order valence-corrected chi connectivity index (χ3v) is 10.5. The van der Waals surface area contributed by atoms with Crippen LogP contribution in [-0.2, 0) is 24.2 Å². The SMILES string of the molecule is COc1ccc2c(c1)OCCn1c-2c(C2CCCCC2)c2ccc(C(=O)NC3(C(=O)Cc4ccc5c(c4)CC=N5)CCC3)cc21. The number of amides is 1. The molecule has 2 aliphatic heterocycles. The number of fused-ring (bicyclic) bond motifs is 6. The summed E-state index contributed by atoms with van der Waals surface area (Å²) in [4.78, 5) is 32.0. The molecular formula is C38H39N3O4. The number of ketones is 1. The number of methoxy groups -OCH3 is 1. The molecule has 1 amide bonds. The Hall–Kier alpha value is -4.39. The number of benzene rings is 3. The Morgan fingerprint density at radius 2 is 1.89 bits per heavy atom. The first-order valence-corrected chi connectivity index (χ1v) is 16.5. The van der Waals surface area contributed by atoms with Gasteiger partial charge in [0.05, 0.1) is 30.6 Å². The Morgan fingerprint density at radius 1 is 1.02 bits per heavy atom. The largest absolute Gasteiger partial charge is 0.497 e. The van der Waals surface area contributed by atoms with Crippen molar-refractivity contribution in [1.82, 2.24) is 9.88 Å². The molecule has 0 atom stereocenters. The van der Waals surface area contributed by atoms with Gasteiger partial charge < -0.3 is 19.4 Å². The molecule has 0 saturated heterocycles. The molecule has 7 heteroatoms. The van der Waals surface area contributed by atoms with Crippen LogP contribution in [0, 0.1) is 0 Å². The highest BCUT2D eigenvalue weighted by atomic mass is 16.5. The topological polar surface area (TPSA) is 81.9 Å². The van der Waals surface area contributed by atoms with Gasteiger partial charge >= 0.3 is 0 Å². The number of aliphatic imine (C=N–C) groups is 1. The smallest absolute Gasteiger partial charge is 0.252 e. The standard InChI is InChI=1S/C38H39N3O4/c1-44-28-10-12-30-33(23-28)45-19-18-41-32-22-27(9-11-29(32)35(36(30)41)25-6-3-2-4-7-25)37(43)40-38(15-5-16-38)34(42)21-24-8-13-31-26(20-24)14-17-39-31/h8-13,17,20,22-23,25H,2-7,14-16,18-19,21H2,1H3,(H,40,43). The lowest BCUT2D eigenvalue weighted by Crippen LogP contribution is -2.59. The number of Topliss-reactive ketones (excluding diaryl/α,β-unsaturated/α-hetero) is 1. The summed E-state index contributed by atoms with van der Waals surface area (Å²) in [7, 11) is 1.68. The van der Waals surface area contributed by atoms with Crippen LogP contribution in [0.5, 0.6) is 11.5 Å². The highest BCUT2D eigenvalue weighted by Crippen LogP contribution is 2.48. The van der Waals surface area contributed by atoms with Crippen LogP contribution in [0.4, 0.5) is 5.69 Å². The number of ether oxygens (including phenoxy) is 2. The number of carbonyl (C=O) groups is 2. The zero-order valence-electron chi connectivity index (χ0n) is 25.9. The Bertz CT molecular complexity index is 1860. The van der Waals surface area contributed by atoms with E-state index in [9.17, 15) is 9.59 Å². The fraction of sp³-hybridized carbons (Fsp3) is 0.395. The number of rotatable bonds is 7. The number of nitrogens with one attached hydrogen (secondary N) is 1. The predicted molar refractivity (Wildman–Crippen MR) is 176 cm³/mol. The van der Waals surface area contributed by atoms with Crippen molar-refractivity contribution in [2.75, 3.05) is 13.7 Å². The van der Waals surface area contributed by atoms with E-state index in [1.807, 2.05) is 42.6 Å². The third kappa shape index (κ3) is 4.84. The van der Waals surface area contributed by atoms with Crippen LogP contribution in [0.1, 0.15) is 84.3 Å². The van der Waals surface area contributed by atoms with E-state index in [1.165, 1.54) is 48.7 Å². The second-order valence-corrected chi connectivity index (χ2v) is 13.2. The van der Waals surface area contributed by atoms with Gasteiger partial charge in [0.25, 0.3) is 5.91 Å². The van der Waals surface area contributed by atoms with E-state index in [0.29, 0.717) is 43.9 Å². The zero-order chi connectivity index (χ0) is 30.5. The molecule has 0 radical (unpaired) electrons. The first-order chi connectivity index (χ1) is 22.0. The van der Waals surface area contributed by atoms with E-state index in [2.05, 4.69) is 33.1 Å². The normalized spacial score (nSPS) is 18.2. The predicted octanol–water partition coefficient (Wildman–Crippen LogP) is 7.48. The van der Waals surface area contributed by atoms with E-state index in [-0.39, 0.29) is 11.7 Å². The fourth-order valence-corrected chi connectivity index (χ4v) is 7.96. The average Bonchev–Trinajstić information content (AvgIpc) is 3.59. The summed E-state index contributed by atoms with van der Waals surface area (Å²) in [5.41, 5.74) is 7.62. The lowest BCUT2D eigenvalue weighted by Gasteiger charge is -2.41. The van der Waals surface area contributed by atoms with Crippen molar-refractivity contribution in [3.8, 4) is 22.8 Å². The van der Waals surface area contributed by atoms with Crippen LogP contribution in [-0.4, -0.2) is 41.7 Å². The molecule has 4 aliphatic rings. The van der Waals surface area contributed by atoms with Gasteiger partial charge in [-0.3, -0.25) is 14.6 Å². The fourth-order valence-electron chi connectivity index (χ4n) is 7.96. The van der Waals surface area contributed by atoms with Gasteiger partial charge in [-0.1, -0.05) is 37.5 Å². The van der Waals surface area contributed by atoms with Gasteiger partial charge in [0.15, 0.2) is 5.78 Å². The number of hydrogen-bond acceptors (Lipinski definition) is 5. The lowest BCUT2D eigenvalue weighted by atomic mass is 9.72. The summed E-state index contributed by atoms with van der Waals surface area (Å²) < 4.78 is 14.1. The Morgan fingerprint density at radius 3 is 2.69 bits per heavy atom. The summed E-state index contributed by atoms with van der Waals surface area (Å²) in [5.74, 6) is 1.99. The summed E-state index contributed by atoms with van der Waals surface area (Å²) in [5, 5.41) is 4.43. The lowest BCUT2D eigenvalue weighted by molar-refractivity contribution is -0.127. The molecule has 3 heterocycles. The monoisotopic (exact) mass is 601 g/mol. The van der Waals surface area contributed by atoms with Crippen molar-refractivity contribution in [3.05, 3.63) is 76.9 Å². The van der Waals surface area contributed by atoms with Crippen molar-refractivity contribution in [2.24, 2.45) is 4.99 Å². The van der Waals surface area contributed by atoms with Gasteiger partial charge in [0, 0.05) is 47.2 Å². The van der Waals surface area contributed by atoms with Crippen LogP contribution in [0.25, 0.3) is 22.2 Å². The molecule has 0 unspecified atom stereocenters. The van der Waals surface area contributed by atoms with Gasteiger partial charge in [-0.25, -0.2) is 0 Å². The molecule has 230 valence electrons. The maximum atomic E-state index is 13.9. The third-order valence-electron chi connectivity index (χ3n) is 10.5. The molecule has 7 nitrogen and oxygen atoms in total. The van der Waals surface area contributed by atoms with Gasteiger partial charge in [0.2, 0.25) is 0 Å². The Kier molecular flexibility index (Phi) is 7.00. The summed E-state index contributed by atoms with van der Waals surface area (Å²) >= 11 is 0. The maximum absolute atomic E-state index is 13.9. The molecular weight excluding hydrogens is 562 g/mol. The number of carbonyl (C=O) groups excluding carboxylic acids is 2. The highest BCUT2D eigenvalue weighted by molar-refractivity contribution is 6.04. The van der Waals surface area contributed by atoms with Crippen molar-refractivity contribution in [1.29, 1.82) is 0 Å². The van der Waals surface area contributed by atoms with E-state index in [1.54, 1.807) is 7.11 Å². The van der Waals surface area contributed by atoms with E-state index < -0.39 is 5.54 Å². The van der Waals surface area contributed by atoms with Crippen molar-refractivity contribution < 1.29 is 19.1 Å². The Balaban J connectivity index is 1.13. The second-order valence-electron chi connectivity index (χ2n) is 13.2. The molecule has 8 rings (SSSR count). The van der Waals surface area contributed by atoms with E-state index in [0.717, 1.165) is 52.2 Å². The quantitative estimate of drug-likeness (QED) is 0.238. The van der Waals surface area contributed by atoms with Crippen LogP contribution in [0.2, 0.25) is 0 Å². The number of hydrogen-bond donors (Lipinski definition) is 1. The Labute approximate surface area is 263 Å².